The third kappa shape index (κ3) is 24.6. The molecule has 0 radical (unpaired) electrons. The standard InChI is InChI=1S/C29H60O12/c1-25(38-13-9-30-5)17-34-21-29(22-35-18-26(2)39-14-10-31-6,23-36-19-27(3)40-15-11-32-7)24-37-20-28(4)41-16-12-33-8/h25-28H,9-24H2,1-8H3. The minimum Gasteiger partial charge on any atom is -0.382 e. The fraction of sp³-hybridized carbons (Fsp3) is 1.00. The van der Waals surface area contributed by atoms with E-state index in [1.165, 1.54) is 0 Å². The maximum atomic E-state index is 6.15. The Bertz CT molecular complexity index is 448. The van der Waals surface area contributed by atoms with Crippen LogP contribution in [0.15, 0.2) is 0 Å². The topological polar surface area (TPSA) is 111 Å². The van der Waals surface area contributed by atoms with Crippen molar-refractivity contribution in [1.29, 1.82) is 0 Å². The molecule has 4 atom stereocenters. The highest BCUT2D eigenvalue weighted by atomic mass is 16.6. The first-order chi connectivity index (χ1) is 19.8. The molecule has 0 heterocycles. The van der Waals surface area contributed by atoms with Gasteiger partial charge in [-0.15, -0.1) is 0 Å². The molecule has 0 aromatic carbocycles. The molecule has 0 aliphatic rings. The predicted octanol–water partition coefficient (Wildman–Crippen LogP) is 2.25. The molecule has 0 saturated carbocycles. The van der Waals surface area contributed by atoms with Gasteiger partial charge in [-0.2, -0.15) is 0 Å². The predicted molar refractivity (Wildman–Crippen MR) is 155 cm³/mol. The van der Waals surface area contributed by atoms with Crippen LogP contribution in [0.5, 0.6) is 0 Å². The summed E-state index contributed by atoms with van der Waals surface area (Å²) >= 11 is 0. The number of rotatable bonds is 32. The highest BCUT2D eigenvalue weighted by Crippen LogP contribution is 2.22. The molecule has 12 nitrogen and oxygen atoms in total. The largest absolute Gasteiger partial charge is 0.382 e. The van der Waals surface area contributed by atoms with E-state index in [9.17, 15) is 0 Å². The summed E-state index contributed by atoms with van der Waals surface area (Å²) in [7, 11) is 6.59. The summed E-state index contributed by atoms with van der Waals surface area (Å²) in [5.74, 6) is 0. The average molecular weight is 601 g/mol. The zero-order valence-corrected chi connectivity index (χ0v) is 27.0. The van der Waals surface area contributed by atoms with E-state index in [4.69, 9.17) is 56.8 Å². The smallest absolute Gasteiger partial charge is 0.0781 e. The number of ether oxygens (including phenoxy) is 12. The fourth-order valence-electron chi connectivity index (χ4n) is 3.54. The van der Waals surface area contributed by atoms with Crippen LogP contribution < -0.4 is 0 Å². The molecule has 0 bridgehead atoms. The summed E-state index contributed by atoms with van der Waals surface area (Å²) < 4.78 is 67.9. The Balaban J connectivity index is 5.30. The van der Waals surface area contributed by atoms with Gasteiger partial charge in [0.1, 0.15) is 0 Å². The molecule has 0 aromatic heterocycles. The molecule has 4 unspecified atom stereocenters. The summed E-state index contributed by atoms with van der Waals surface area (Å²) in [5, 5.41) is 0. The zero-order chi connectivity index (χ0) is 30.6. The second-order valence-corrected chi connectivity index (χ2v) is 10.3. The minimum atomic E-state index is -0.586. The Morgan fingerprint density at radius 3 is 0.780 bits per heavy atom. The minimum absolute atomic E-state index is 0.0942. The van der Waals surface area contributed by atoms with Crippen LogP contribution in [0.3, 0.4) is 0 Å². The van der Waals surface area contributed by atoms with Crippen LogP contribution in [0.25, 0.3) is 0 Å². The first-order valence-corrected chi connectivity index (χ1v) is 14.6. The van der Waals surface area contributed by atoms with Crippen molar-refractivity contribution in [3.8, 4) is 0 Å². The first-order valence-electron chi connectivity index (χ1n) is 14.6. The van der Waals surface area contributed by atoms with Crippen molar-refractivity contribution in [2.75, 3.05) is 134 Å². The summed E-state index contributed by atoms with van der Waals surface area (Å²) in [6.07, 6.45) is -0.377. The summed E-state index contributed by atoms with van der Waals surface area (Å²) in [6.45, 7) is 15.1. The van der Waals surface area contributed by atoms with Crippen LogP contribution in [0.4, 0.5) is 0 Å². The number of methoxy groups -OCH3 is 4. The molecule has 0 aliphatic heterocycles. The van der Waals surface area contributed by atoms with Crippen molar-refractivity contribution in [3.05, 3.63) is 0 Å². The quantitative estimate of drug-likeness (QED) is 0.106. The molecule has 0 aromatic rings. The molecule has 0 spiro atoms. The number of hydrogen-bond donors (Lipinski definition) is 0. The lowest BCUT2D eigenvalue weighted by molar-refractivity contribution is -0.140. The maximum absolute atomic E-state index is 6.15. The van der Waals surface area contributed by atoms with E-state index >= 15 is 0 Å². The van der Waals surface area contributed by atoms with Gasteiger partial charge in [-0.05, 0) is 27.7 Å². The molecule has 0 amide bonds. The van der Waals surface area contributed by atoms with E-state index in [0.717, 1.165) is 0 Å². The van der Waals surface area contributed by atoms with Gasteiger partial charge >= 0.3 is 0 Å². The summed E-state index contributed by atoms with van der Waals surface area (Å²) in [5.41, 5.74) is -0.586. The van der Waals surface area contributed by atoms with E-state index in [1.54, 1.807) is 28.4 Å². The Morgan fingerprint density at radius 1 is 0.366 bits per heavy atom. The lowest BCUT2D eigenvalue weighted by atomic mass is 9.92. The van der Waals surface area contributed by atoms with E-state index < -0.39 is 5.41 Å². The lowest BCUT2D eigenvalue weighted by Gasteiger charge is -2.34. The molecule has 12 heteroatoms. The van der Waals surface area contributed by atoms with Crippen molar-refractivity contribution in [3.63, 3.8) is 0 Å². The molecule has 0 saturated heterocycles. The summed E-state index contributed by atoms with van der Waals surface area (Å²) in [6, 6.07) is 0. The van der Waals surface area contributed by atoms with Gasteiger partial charge in [-0.1, -0.05) is 0 Å². The van der Waals surface area contributed by atoms with Crippen LogP contribution in [0, 0.1) is 5.41 Å². The van der Waals surface area contributed by atoms with Gasteiger partial charge in [0.2, 0.25) is 0 Å². The van der Waals surface area contributed by atoms with Crippen molar-refractivity contribution in [1.82, 2.24) is 0 Å². The van der Waals surface area contributed by atoms with Crippen molar-refractivity contribution < 1.29 is 56.8 Å². The van der Waals surface area contributed by atoms with E-state index in [0.29, 0.717) is 106 Å². The highest BCUT2D eigenvalue weighted by Gasteiger charge is 2.33. The average Bonchev–Trinajstić information content (AvgIpc) is 2.93. The molecule has 0 fully saturated rings. The molecule has 248 valence electrons. The van der Waals surface area contributed by atoms with Gasteiger partial charge in [-0.3, -0.25) is 0 Å². The van der Waals surface area contributed by atoms with Crippen molar-refractivity contribution in [2.45, 2.75) is 52.1 Å². The Labute approximate surface area is 248 Å². The second-order valence-electron chi connectivity index (χ2n) is 10.3. The SMILES string of the molecule is COCCOC(C)COCC(COCC(C)OCCOC)(COCC(C)OCCOC)COCC(C)OCCOC. The summed E-state index contributed by atoms with van der Waals surface area (Å²) in [4.78, 5) is 0. The zero-order valence-electron chi connectivity index (χ0n) is 27.0. The fourth-order valence-corrected chi connectivity index (χ4v) is 3.54. The van der Waals surface area contributed by atoms with Crippen molar-refractivity contribution >= 4 is 0 Å². The normalized spacial score (nSPS) is 16.4. The van der Waals surface area contributed by atoms with E-state index in [1.807, 2.05) is 27.7 Å². The van der Waals surface area contributed by atoms with Gasteiger partial charge in [0.15, 0.2) is 0 Å². The van der Waals surface area contributed by atoms with Crippen LogP contribution in [0.1, 0.15) is 27.7 Å². The Morgan fingerprint density at radius 2 is 0.585 bits per heavy atom. The Hall–Kier alpha value is -0.480. The third-order valence-corrected chi connectivity index (χ3v) is 5.80. The van der Waals surface area contributed by atoms with Crippen LogP contribution in [-0.2, 0) is 56.8 Å². The molecule has 0 N–H and O–H groups in total. The van der Waals surface area contributed by atoms with Gasteiger partial charge in [0, 0.05) is 28.4 Å². The van der Waals surface area contributed by atoms with Gasteiger partial charge in [-0.25, -0.2) is 0 Å². The van der Waals surface area contributed by atoms with E-state index in [-0.39, 0.29) is 24.4 Å². The van der Waals surface area contributed by atoms with Crippen LogP contribution >= 0.6 is 0 Å². The van der Waals surface area contributed by atoms with Crippen molar-refractivity contribution in [2.24, 2.45) is 5.41 Å². The first kappa shape index (κ1) is 40.5. The highest BCUT2D eigenvalue weighted by molar-refractivity contribution is 4.80. The van der Waals surface area contributed by atoms with E-state index in [2.05, 4.69) is 0 Å². The molecule has 0 rings (SSSR count). The second kappa shape index (κ2) is 28.3. The lowest BCUT2D eigenvalue weighted by Crippen LogP contribution is -2.44. The molecular formula is C29H60O12. The molecule has 0 aliphatic carbocycles. The van der Waals surface area contributed by atoms with Crippen LogP contribution in [-0.4, -0.2) is 159 Å². The van der Waals surface area contributed by atoms with Gasteiger partial charge in [0.05, 0.1) is 136 Å². The third-order valence-electron chi connectivity index (χ3n) is 5.80. The maximum Gasteiger partial charge on any atom is 0.0781 e. The number of hydrogen-bond acceptors (Lipinski definition) is 12. The monoisotopic (exact) mass is 600 g/mol. The van der Waals surface area contributed by atoms with Gasteiger partial charge < -0.3 is 56.8 Å². The molecule has 41 heavy (non-hydrogen) atoms. The molecular weight excluding hydrogens is 540 g/mol. The Kier molecular flexibility index (Phi) is 28.0. The van der Waals surface area contributed by atoms with Gasteiger partial charge in [0.25, 0.3) is 0 Å². The van der Waals surface area contributed by atoms with Crippen LogP contribution in [0.2, 0.25) is 0 Å².